The first-order valence-corrected chi connectivity index (χ1v) is 13.5. The fraction of sp³-hybridized carbons (Fsp3) is 0.667. The highest BCUT2D eigenvalue weighted by atomic mass is 32.2. The lowest BCUT2D eigenvalue weighted by molar-refractivity contribution is -0.126. The van der Waals surface area contributed by atoms with E-state index in [9.17, 15) is 18.0 Å². The number of amides is 2. The first kappa shape index (κ1) is 24.7. The molecule has 2 amide bonds. The molecule has 2 aliphatic rings. The molecule has 32 heavy (non-hydrogen) atoms. The lowest BCUT2D eigenvalue weighted by atomic mass is 9.95. The van der Waals surface area contributed by atoms with Crippen molar-refractivity contribution in [2.75, 3.05) is 32.7 Å². The average molecular weight is 464 g/mol. The number of hydrogen-bond acceptors (Lipinski definition) is 4. The van der Waals surface area contributed by atoms with E-state index in [1.807, 2.05) is 0 Å². The van der Waals surface area contributed by atoms with Gasteiger partial charge in [0.2, 0.25) is 15.9 Å². The molecule has 1 N–H and O–H groups in total. The van der Waals surface area contributed by atoms with E-state index in [0.29, 0.717) is 56.7 Å². The third-order valence-electron chi connectivity index (χ3n) is 6.60. The summed E-state index contributed by atoms with van der Waals surface area (Å²) in [4.78, 5) is 27.4. The summed E-state index contributed by atoms with van der Waals surface area (Å²) in [6, 6.07) is 4.97. The summed E-state index contributed by atoms with van der Waals surface area (Å²) < 4.78 is 27.9. The summed E-state index contributed by atoms with van der Waals surface area (Å²) in [7, 11) is -3.60. The molecule has 0 unspecified atom stereocenters. The quantitative estimate of drug-likeness (QED) is 0.599. The summed E-state index contributed by atoms with van der Waals surface area (Å²) in [6.07, 6.45) is 7.30. The Labute approximate surface area is 192 Å². The predicted molar refractivity (Wildman–Crippen MR) is 125 cm³/mol. The number of benzene rings is 1. The maximum absolute atomic E-state index is 13.2. The molecule has 3 rings (SSSR count). The topological polar surface area (TPSA) is 86.8 Å². The molecular formula is C24H37N3O4S. The Balaban J connectivity index is 1.62. The maximum Gasteiger partial charge on any atom is 0.253 e. The summed E-state index contributed by atoms with van der Waals surface area (Å²) in [5.74, 6) is -0.144. The molecule has 8 heteroatoms. The van der Waals surface area contributed by atoms with Gasteiger partial charge in [0.25, 0.3) is 5.91 Å². The number of hydrogen-bond donors (Lipinski definition) is 1. The largest absolute Gasteiger partial charge is 0.356 e. The number of rotatable bonds is 8. The van der Waals surface area contributed by atoms with Crippen LogP contribution in [0.15, 0.2) is 23.1 Å². The number of piperidine rings is 2. The smallest absolute Gasteiger partial charge is 0.253 e. The van der Waals surface area contributed by atoms with Crippen molar-refractivity contribution in [2.45, 2.75) is 70.1 Å². The summed E-state index contributed by atoms with van der Waals surface area (Å²) in [5.41, 5.74) is 1.05. The van der Waals surface area contributed by atoms with Crippen molar-refractivity contribution in [3.8, 4) is 0 Å². The van der Waals surface area contributed by atoms with Gasteiger partial charge in [-0.2, -0.15) is 4.31 Å². The molecule has 0 radical (unpaired) electrons. The van der Waals surface area contributed by atoms with Crippen LogP contribution in [0, 0.1) is 12.8 Å². The van der Waals surface area contributed by atoms with Crippen LogP contribution in [0.5, 0.6) is 0 Å². The van der Waals surface area contributed by atoms with Gasteiger partial charge in [0, 0.05) is 44.2 Å². The van der Waals surface area contributed by atoms with Gasteiger partial charge < -0.3 is 10.2 Å². The molecule has 7 nitrogen and oxygen atoms in total. The SMILES string of the molecule is CCCCCNC(=O)C1CCN(C(=O)c2ccc(C)c(S(=O)(=O)N3CCCCC3)c2)CC1. The highest BCUT2D eigenvalue weighted by molar-refractivity contribution is 7.89. The number of nitrogens with zero attached hydrogens (tertiary/aromatic N) is 2. The maximum atomic E-state index is 13.2. The summed E-state index contributed by atoms with van der Waals surface area (Å²) >= 11 is 0. The number of likely N-dealkylation sites (tertiary alicyclic amines) is 1. The van der Waals surface area contributed by atoms with Crippen LogP contribution >= 0.6 is 0 Å². The first-order chi connectivity index (χ1) is 15.3. The number of carbonyl (C=O) groups is 2. The Morgan fingerprint density at radius 1 is 1.03 bits per heavy atom. The summed E-state index contributed by atoms with van der Waals surface area (Å²) in [5, 5.41) is 3.01. The van der Waals surface area contributed by atoms with Gasteiger partial charge in [-0.3, -0.25) is 9.59 Å². The molecule has 1 aromatic rings. The van der Waals surface area contributed by atoms with Crippen LogP contribution in [-0.4, -0.2) is 62.2 Å². The first-order valence-electron chi connectivity index (χ1n) is 12.0. The molecule has 0 spiro atoms. The number of unbranched alkanes of at least 4 members (excludes halogenated alkanes) is 2. The van der Waals surface area contributed by atoms with Crippen molar-refractivity contribution in [3.05, 3.63) is 29.3 Å². The zero-order chi connectivity index (χ0) is 23.1. The fourth-order valence-electron chi connectivity index (χ4n) is 4.51. The predicted octanol–water partition coefficient (Wildman–Crippen LogP) is 3.33. The monoisotopic (exact) mass is 463 g/mol. The van der Waals surface area contributed by atoms with E-state index in [4.69, 9.17) is 0 Å². The summed E-state index contributed by atoms with van der Waals surface area (Å²) in [6.45, 7) is 6.71. The van der Waals surface area contributed by atoms with Gasteiger partial charge in [-0.25, -0.2) is 8.42 Å². The van der Waals surface area contributed by atoms with Crippen molar-refractivity contribution < 1.29 is 18.0 Å². The van der Waals surface area contributed by atoms with Crippen molar-refractivity contribution in [3.63, 3.8) is 0 Å². The minimum absolute atomic E-state index is 0.0614. The molecular weight excluding hydrogens is 426 g/mol. The standard InChI is InChI=1S/C24H37N3O4S/c1-3-4-6-13-25-23(28)20-11-16-26(17-12-20)24(29)21-10-9-19(2)22(18-21)32(30,31)27-14-7-5-8-15-27/h9-10,18,20H,3-8,11-17H2,1-2H3,(H,25,28). The Bertz CT molecular complexity index is 902. The van der Waals surface area contributed by atoms with E-state index in [1.54, 1.807) is 24.0 Å². The number of carbonyl (C=O) groups excluding carboxylic acids is 2. The molecule has 2 heterocycles. The van der Waals surface area contributed by atoms with Gasteiger partial charge >= 0.3 is 0 Å². The molecule has 178 valence electrons. The minimum Gasteiger partial charge on any atom is -0.356 e. The number of aryl methyl sites for hydroxylation is 1. The van der Waals surface area contributed by atoms with E-state index in [-0.39, 0.29) is 22.6 Å². The molecule has 1 aromatic carbocycles. The normalized spacial score (nSPS) is 18.5. The average Bonchev–Trinajstić information content (AvgIpc) is 2.82. The highest BCUT2D eigenvalue weighted by Gasteiger charge is 2.30. The zero-order valence-corrected chi connectivity index (χ0v) is 20.3. The van der Waals surface area contributed by atoms with Gasteiger partial charge in [-0.1, -0.05) is 32.3 Å². The molecule has 2 saturated heterocycles. The zero-order valence-electron chi connectivity index (χ0n) is 19.4. The third kappa shape index (κ3) is 5.90. The van der Waals surface area contributed by atoms with Gasteiger partial charge in [0.05, 0.1) is 4.90 Å². The van der Waals surface area contributed by atoms with Crippen molar-refractivity contribution in [1.82, 2.24) is 14.5 Å². The second kappa shape index (κ2) is 11.3. The van der Waals surface area contributed by atoms with Gasteiger partial charge in [-0.15, -0.1) is 0 Å². The lowest BCUT2D eigenvalue weighted by Crippen LogP contribution is -2.43. The number of nitrogens with one attached hydrogen (secondary N) is 1. The Morgan fingerprint density at radius 2 is 1.72 bits per heavy atom. The Hall–Kier alpha value is -1.93. The van der Waals surface area contributed by atoms with Crippen molar-refractivity contribution >= 4 is 21.8 Å². The Kier molecular flexibility index (Phi) is 8.71. The molecule has 0 atom stereocenters. The van der Waals surface area contributed by atoms with E-state index in [2.05, 4.69) is 12.2 Å². The van der Waals surface area contributed by atoms with Crippen LogP contribution in [0.4, 0.5) is 0 Å². The van der Waals surface area contributed by atoms with Crippen molar-refractivity contribution in [2.24, 2.45) is 5.92 Å². The van der Waals surface area contributed by atoms with E-state index in [0.717, 1.165) is 38.5 Å². The van der Waals surface area contributed by atoms with Gasteiger partial charge in [0.1, 0.15) is 0 Å². The lowest BCUT2D eigenvalue weighted by Gasteiger charge is -2.31. The second-order valence-electron chi connectivity index (χ2n) is 9.01. The highest BCUT2D eigenvalue weighted by Crippen LogP contribution is 2.26. The molecule has 0 saturated carbocycles. The molecule has 0 aliphatic carbocycles. The third-order valence-corrected chi connectivity index (χ3v) is 8.64. The molecule has 2 fully saturated rings. The van der Waals surface area contributed by atoms with Gasteiger partial charge in [0.15, 0.2) is 0 Å². The molecule has 0 bridgehead atoms. The van der Waals surface area contributed by atoms with Crippen LogP contribution in [0.25, 0.3) is 0 Å². The fourth-order valence-corrected chi connectivity index (χ4v) is 6.28. The molecule has 2 aliphatic heterocycles. The van der Waals surface area contributed by atoms with E-state index in [1.165, 1.54) is 10.4 Å². The van der Waals surface area contributed by atoms with Crippen LogP contribution < -0.4 is 5.32 Å². The van der Waals surface area contributed by atoms with Crippen LogP contribution in [0.1, 0.15) is 74.2 Å². The van der Waals surface area contributed by atoms with Crippen LogP contribution in [0.3, 0.4) is 0 Å². The second-order valence-corrected chi connectivity index (χ2v) is 10.9. The molecule has 0 aromatic heterocycles. The Morgan fingerprint density at radius 3 is 2.38 bits per heavy atom. The van der Waals surface area contributed by atoms with Crippen LogP contribution in [-0.2, 0) is 14.8 Å². The van der Waals surface area contributed by atoms with E-state index >= 15 is 0 Å². The van der Waals surface area contributed by atoms with E-state index < -0.39 is 10.0 Å². The minimum atomic E-state index is -3.60. The number of sulfonamides is 1. The van der Waals surface area contributed by atoms with Crippen molar-refractivity contribution in [1.29, 1.82) is 0 Å². The van der Waals surface area contributed by atoms with Gasteiger partial charge in [-0.05, 0) is 56.7 Å². The van der Waals surface area contributed by atoms with Crippen LogP contribution in [0.2, 0.25) is 0 Å².